The van der Waals surface area contributed by atoms with Crippen molar-refractivity contribution in [2.75, 3.05) is 17.4 Å². The van der Waals surface area contributed by atoms with E-state index in [1.165, 1.54) is 16.1 Å². The van der Waals surface area contributed by atoms with Gasteiger partial charge >= 0.3 is 0 Å². The normalized spacial score (nSPS) is 22.6. The number of anilines is 1. The van der Waals surface area contributed by atoms with Crippen molar-refractivity contribution >= 4 is 23.5 Å². The molecule has 0 radical (unpaired) electrons. The number of aliphatic hydroxyl groups is 1. The lowest BCUT2D eigenvalue weighted by atomic mass is 10.0. The Bertz CT molecular complexity index is 402. The van der Waals surface area contributed by atoms with Crippen LogP contribution >= 0.6 is 11.8 Å². The van der Waals surface area contributed by atoms with E-state index in [0.717, 1.165) is 5.88 Å². The summed E-state index contributed by atoms with van der Waals surface area (Å²) < 4.78 is 0. The summed E-state index contributed by atoms with van der Waals surface area (Å²) >= 11 is 1.85. The van der Waals surface area contributed by atoms with E-state index in [4.69, 9.17) is 0 Å². The van der Waals surface area contributed by atoms with Crippen LogP contribution in [-0.4, -0.2) is 23.6 Å². The monoisotopic (exact) mass is 205 g/mol. The van der Waals surface area contributed by atoms with Crippen LogP contribution in [0.1, 0.15) is 5.56 Å². The fraction of sp³-hybridized carbons (Fsp3) is 0.273. The van der Waals surface area contributed by atoms with Crippen molar-refractivity contribution in [2.45, 2.75) is 10.9 Å². The summed E-state index contributed by atoms with van der Waals surface area (Å²) in [5, 5.41) is 9.24. The molecule has 0 spiro atoms. The van der Waals surface area contributed by atoms with Gasteiger partial charge in [0.1, 0.15) is 0 Å². The maximum Gasteiger partial charge on any atom is 0.0716 e. The largest absolute Gasteiger partial charge is 0.394 e. The lowest BCUT2D eigenvalue weighted by Crippen LogP contribution is -2.36. The zero-order valence-electron chi connectivity index (χ0n) is 7.68. The summed E-state index contributed by atoms with van der Waals surface area (Å²) in [5.74, 6) is 0.960. The predicted octanol–water partition coefficient (Wildman–Crippen LogP) is 1.94. The van der Waals surface area contributed by atoms with Gasteiger partial charge in [0.25, 0.3) is 0 Å². The van der Waals surface area contributed by atoms with Gasteiger partial charge in [-0.25, -0.2) is 0 Å². The van der Waals surface area contributed by atoms with Crippen LogP contribution in [-0.2, 0) is 0 Å². The molecule has 1 unspecified atom stereocenters. The van der Waals surface area contributed by atoms with Gasteiger partial charge in [-0.1, -0.05) is 24.3 Å². The molecule has 1 aromatic rings. The summed E-state index contributed by atoms with van der Waals surface area (Å²) in [6.45, 7) is 0.199. The van der Waals surface area contributed by atoms with Gasteiger partial charge in [0.2, 0.25) is 0 Å². The average Bonchev–Trinajstić information content (AvgIpc) is 2.66. The number of nitrogens with zero attached hydrogens (tertiary/aromatic N) is 1. The first-order chi connectivity index (χ1) is 6.90. The standard InChI is InChI=1S/C11H11NOS/c13-6-9-5-4-8-2-1-3-10-11(8)12(9)7-14-10/h1-5,9,13H,6-7H2. The number of rotatable bonds is 1. The maximum atomic E-state index is 9.24. The van der Waals surface area contributed by atoms with E-state index in [2.05, 4.69) is 35.3 Å². The number of hydrogen-bond acceptors (Lipinski definition) is 3. The molecule has 3 rings (SSSR count). The van der Waals surface area contributed by atoms with Gasteiger partial charge in [-0.05, 0) is 11.6 Å². The third-order valence-corrected chi connectivity index (χ3v) is 3.81. The van der Waals surface area contributed by atoms with Crippen LogP contribution in [0, 0.1) is 0 Å². The van der Waals surface area contributed by atoms with Crippen LogP contribution in [0.25, 0.3) is 6.08 Å². The molecule has 2 heterocycles. The molecule has 1 N–H and O–H groups in total. The second-order valence-electron chi connectivity index (χ2n) is 3.55. The smallest absolute Gasteiger partial charge is 0.0716 e. The lowest BCUT2D eigenvalue weighted by Gasteiger charge is -2.30. The SMILES string of the molecule is OCC1C=Cc2cccc3c2N1CS3. The van der Waals surface area contributed by atoms with Crippen molar-refractivity contribution in [3.63, 3.8) is 0 Å². The van der Waals surface area contributed by atoms with Crippen molar-refractivity contribution in [2.24, 2.45) is 0 Å². The molecule has 2 aliphatic heterocycles. The highest BCUT2D eigenvalue weighted by atomic mass is 32.2. The zero-order chi connectivity index (χ0) is 9.54. The van der Waals surface area contributed by atoms with Crippen molar-refractivity contribution < 1.29 is 5.11 Å². The molecular weight excluding hydrogens is 194 g/mol. The minimum Gasteiger partial charge on any atom is -0.394 e. The molecule has 0 aliphatic carbocycles. The van der Waals surface area contributed by atoms with Crippen LogP contribution in [0.15, 0.2) is 29.2 Å². The van der Waals surface area contributed by atoms with Gasteiger partial charge in [0.05, 0.1) is 24.2 Å². The third kappa shape index (κ3) is 1.03. The molecule has 0 amide bonds. The van der Waals surface area contributed by atoms with Crippen LogP contribution in [0.3, 0.4) is 0 Å². The topological polar surface area (TPSA) is 23.5 Å². The Balaban J connectivity index is 2.16. The quantitative estimate of drug-likeness (QED) is 0.758. The molecule has 0 bridgehead atoms. The molecule has 14 heavy (non-hydrogen) atoms. The molecule has 0 saturated carbocycles. The first kappa shape index (κ1) is 8.38. The van der Waals surface area contributed by atoms with Crippen molar-refractivity contribution in [3.05, 3.63) is 29.8 Å². The zero-order valence-corrected chi connectivity index (χ0v) is 8.50. The highest BCUT2D eigenvalue weighted by Crippen LogP contribution is 2.44. The first-order valence-corrected chi connectivity index (χ1v) is 5.70. The lowest BCUT2D eigenvalue weighted by molar-refractivity contribution is 0.280. The number of para-hydroxylation sites is 1. The second-order valence-corrected chi connectivity index (χ2v) is 4.53. The molecule has 1 aromatic carbocycles. The van der Waals surface area contributed by atoms with Crippen LogP contribution in [0.2, 0.25) is 0 Å². The van der Waals surface area contributed by atoms with Crippen molar-refractivity contribution in [3.8, 4) is 0 Å². The van der Waals surface area contributed by atoms with Crippen molar-refractivity contribution in [1.82, 2.24) is 0 Å². The van der Waals surface area contributed by atoms with E-state index < -0.39 is 0 Å². The molecule has 0 saturated heterocycles. The van der Waals surface area contributed by atoms with Crippen molar-refractivity contribution in [1.29, 1.82) is 0 Å². The Kier molecular flexibility index (Phi) is 1.82. The fourth-order valence-corrected chi connectivity index (χ4v) is 3.19. The Morgan fingerprint density at radius 2 is 2.43 bits per heavy atom. The highest BCUT2D eigenvalue weighted by Gasteiger charge is 2.29. The fourth-order valence-electron chi connectivity index (χ4n) is 2.04. The number of aliphatic hydroxyl groups excluding tert-OH is 1. The number of benzene rings is 1. The minimum atomic E-state index is 0.165. The summed E-state index contributed by atoms with van der Waals surface area (Å²) in [5.41, 5.74) is 2.58. The van der Waals surface area contributed by atoms with E-state index >= 15 is 0 Å². The highest BCUT2D eigenvalue weighted by molar-refractivity contribution is 7.99. The van der Waals surface area contributed by atoms with Crippen LogP contribution in [0.5, 0.6) is 0 Å². The van der Waals surface area contributed by atoms with Gasteiger partial charge in [-0.15, -0.1) is 11.8 Å². The summed E-state index contributed by atoms with van der Waals surface area (Å²) in [6.07, 6.45) is 4.19. The van der Waals surface area contributed by atoms with E-state index in [1.807, 2.05) is 11.8 Å². The molecule has 72 valence electrons. The molecular formula is C11H11NOS. The van der Waals surface area contributed by atoms with E-state index in [0.29, 0.717) is 0 Å². The molecule has 2 aliphatic rings. The predicted molar refractivity (Wildman–Crippen MR) is 59.6 cm³/mol. The molecule has 0 fully saturated rings. The summed E-state index contributed by atoms with van der Waals surface area (Å²) in [7, 11) is 0. The Morgan fingerprint density at radius 1 is 1.50 bits per heavy atom. The first-order valence-electron chi connectivity index (χ1n) is 4.71. The van der Waals surface area contributed by atoms with Gasteiger partial charge < -0.3 is 10.0 Å². The van der Waals surface area contributed by atoms with Crippen LogP contribution < -0.4 is 4.90 Å². The maximum absolute atomic E-state index is 9.24. The van der Waals surface area contributed by atoms with E-state index in [-0.39, 0.29) is 12.6 Å². The van der Waals surface area contributed by atoms with Gasteiger partial charge in [-0.3, -0.25) is 0 Å². The van der Waals surface area contributed by atoms with Crippen LogP contribution in [0.4, 0.5) is 5.69 Å². The molecule has 3 heteroatoms. The summed E-state index contributed by atoms with van der Waals surface area (Å²) in [6, 6.07) is 6.53. The number of hydrogen-bond donors (Lipinski definition) is 1. The molecule has 2 nitrogen and oxygen atoms in total. The molecule has 0 aromatic heterocycles. The van der Waals surface area contributed by atoms with Gasteiger partial charge in [-0.2, -0.15) is 0 Å². The summed E-state index contributed by atoms with van der Waals surface area (Å²) in [4.78, 5) is 3.61. The Morgan fingerprint density at radius 3 is 3.29 bits per heavy atom. The third-order valence-electron chi connectivity index (χ3n) is 2.76. The van der Waals surface area contributed by atoms with E-state index in [9.17, 15) is 5.11 Å². The van der Waals surface area contributed by atoms with Gasteiger partial charge in [0.15, 0.2) is 0 Å². The Hall–Kier alpha value is -0.930. The minimum absolute atomic E-state index is 0.165. The molecule has 1 atom stereocenters. The Labute approximate surface area is 87.2 Å². The number of thioether (sulfide) groups is 1. The average molecular weight is 205 g/mol. The van der Waals surface area contributed by atoms with Gasteiger partial charge in [0, 0.05) is 4.90 Å². The second kappa shape index (κ2) is 3.04. The van der Waals surface area contributed by atoms with E-state index in [1.54, 1.807) is 0 Å².